The molecule has 0 spiro atoms. The van der Waals surface area contributed by atoms with Gasteiger partial charge in [0.2, 0.25) is 0 Å². The highest BCUT2D eigenvalue weighted by atomic mass is 28.1. The molecule has 0 aliphatic carbocycles. The second kappa shape index (κ2) is 4.28. The summed E-state index contributed by atoms with van der Waals surface area (Å²) in [5, 5.41) is 10.4. The minimum atomic E-state index is -0.326. The van der Waals surface area contributed by atoms with E-state index in [9.17, 15) is 9.90 Å². The molecule has 0 fully saturated rings. The smallest absolute Gasteiger partial charge is 0.338 e. The molecule has 0 saturated carbocycles. The van der Waals surface area contributed by atoms with Crippen LogP contribution in [0, 0.1) is 6.92 Å². The molecule has 14 heavy (non-hydrogen) atoms. The van der Waals surface area contributed by atoms with Gasteiger partial charge in [-0.25, -0.2) is 4.79 Å². The maximum absolute atomic E-state index is 11.4. The molecular weight excluding hydrogens is 196 g/mol. The normalized spacial score (nSPS) is 10.1. The summed E-state index contributed by atoms with van der Waals surface area (Å²) in [6, 6.07) is 3.33. The number of hydrogen-bond acceptors (Lipinski definition) is 3. The Labute approximate surface area is 86.1 Å². The second-order valence-corrected chi connectivity index (χ2v) is 4.26. The predicted molar refractivity (Wildman–Crippen MR) is 58.4 cm³/mol. The first-order valence-corrected chi connectivity index (χ1v) is 5.53. The van der Waals surface area contributed by atoms with Gasteiger partial charge in [-0.3, -0.25) is 0 Å². The lowest BCUT2D eigenvalue weighted by molar-refractivity contribution is 0.0526. The second-order valence-electron chi connectivity index (χ2n) is 3.18. The third kappa shape index (κ3) is 2.14. The van der Waals surface area contributed by atoms with E-state index >= 15 is 0 Å². The lowest BCUT2D eigenvalue weighted by Crippen LogP contribution is -2.11. The maximum Gasteiger partial charge on any atom is 0.338 e. The number of carbonyl (C=O) groups excluding carboxylic acids is 1. The highest BCUT2D eigenvalue weighted by Crippen LogP contribution is 2.14. The first-order chi connectivity index (χ1) is 6.56. The Balaban J connectivity index is 3.06. The summed E-state index contributed by atoms with van der Waals surface area (Å²) in [4.78, 5) is 11.4. The van der Waals surface area contributed by atoms with E-state index in [1.54, 1.807) is 26.0 Å². The summed E-state index contributed by atoms with van der Waals surface area (Å²) in [7, 11) is 0.715. The van der Waals surface area contributed by atoms with Gasteiger partial charge in [-0.1, -0.05) is 0 Å². The van der Waals surface area contributed by atoms with Gasteiger partial charge in [0.25, 0.3) is 0 Å². The molecule has 0 aliphatic rings. The molecule has 0 amide bonds. The van der Waals surface area contributed by atoms with Gasteiger partial charge in [0.15, 0.2) is 0 Å². The molecule has 0 saturated heterocycles. The highest BCUT2D eigenvalue weighted by molar-refractivity contribution is 6.34. The summed E-state index contributed by atoms with van der Waals surface area (Å²) in [5.74, 6) is -0.0302. The highest BCUT2D eigenvalue weighted by Gasteiger charge is 2.10. The van der Waals surface area contributed by atoms with Crippen LogP contribution in [0.25, 0.3) is 0 Å². The molecule has 4 heteroatoms. The molecule has 1 rings (SSSR count). The largest absolute Gasteiger partial charge is 0.508 e. The van der Waals surface area contributed by atoms with Gasteiger partial charge < -0.3 is 9.84 Å². The Kier molecular flexibility index (Phi) is 3.30. The van der Waals surface area contributed by atoms with Crippen molar-refractivity contribution in [2.24, 2.45) is 0 Å². The number of benzene rings is 1. The molecule has 0 radical (unpaired) electrons. The van der Waals surface area contributed by atoms with Gasteiger partial charge in [-0.05, 0) is 36.7 Å². The molecule has 1 aromatic rings. The van der Waals surface area contributed by atoms with Crippen molar-refractivity contribution in [1.82, 2.24) is 0 Å². The topological polar surface area (TPSA) is 46.5 Å². The maximum atomic E-state index is 11.4. The fraction of sp³-hybridized carbons (Fsp3) is 0.300. The van der Waals surface area contributed by atoms with Crippen molar-refractivity contribution in [1.29, 1.82) is 0 Å². The summed E-state index contributed by atoms with van der Waals surface area (Å²) in [6.07, 6.45) is 0. The van der Waals surface area contributed by atoms with Gasteiger partial charge in [0, 0.05) is 10.2 Å². The monoisotopic (exact) mass is 210 g/mol. The Morgan fingerprint density at radius 1 is 1.57 bits per heavy atom. The third-order valence-electron chi connectivity index (χ3n) is 2.00. The molecule has 1 aromatic carbocycles. The minimum absolute atomic E-state index is 0.296. The standard InChI is InChI=1S/C10H14O3Si/c1-3-13-10(12)7-4-6(2)9(11)8(14)5-7/h4-5,11H,3H2,1-2,14H3. The van der Waals surface area contributed by atoms with E-state index in [2.05, 4.69) is 0 Å². The van der Waals surface area contributed by atoms with Crippen LogP contribution in [0.2, 0.25) is 0 Å². The SMILES string of the molecule is CCOC(=O)c1cc(C)c(O)c([SiH3])c1. The van der Waals surface area contributed by atoms with E-state index < -0.39 is 0 Å². The van der Waals surface area contributed by atoms with Crippen molar-refractivity contribution < 1.29 is 14.6 Å². The van der Waals surface area contributed by atoms with Crippen molar-refractivity contribution in [3.05, 3.63) is 23.3 Å². The molecule has 0 unspecified atom stereocenters. The number of ether oxygens (including phenoxy) is 1. The number of phenols is 1. The molecule has 0 aromatic heterocycles. The lowest BCUT2D eigenvalue weighted by Gasteiger charge is -2.07. The van der Waals surface area contributed by atoms with Gasteiger partial charge in [0.1, 0.15) is 5.75 Å². The number of aryl methyl sites for hydroxylation is 1. The van der Waals surface area contributed by atoms with Crippen LogP contribution in [0.5, 0.6) is 5.75 Å². The van der Waals surface area contributed by atoms with Gasteiger partial charge in [-0.15, -0.1) is 0 Å². The van der Waals surface area contributed by atoms with E-state index in [0.29, 0.717) is 28.2 Å². The Morgan fingerprint density at radius 3 is 2.71 bits per heavy atom. The van der Waals surface area contributed by atoms with Crippen molar-refractivity contribution >= 4 is 21.4 Å². The van der Waals surface area contributed by atoms with Crippen LogP contribution in [0.3, 0.4) is 0 Å². The molecule has 76 valence electrons. The van der Waals surface area contributed by atoms with Crippen molar-refractivity contribution in [3.63, 3.8) is 0 Å². The van der Waals surface area contributed by atoms with Gasteiger partial charge in [0.05, 0.1) is 12.2 Å². The van der Waals surface area contributed by atoms with Crippen LogP contribution < -0.4 is 5.19 Å². The number of carbonyl (C=O) groups is 1. The van der Waals surface area contributed by atoms with Crippen LogP contribution in [-0.2, 0) is 4.74 Å². The summed E-state index contributed by atoms with van der Waals surface area (Å²) in [6.45, 7) is 3.92. The molecule has 0 heterocycles. The molecule has 0 atom stereocenters. The van der Waals surface area contributed by atoms with Gasteiger partial charge >= 0.3 is 5.97 Å². The van der Waals surface area contributed by atoms with E-state index in [0.717, 1.165) is 10.8 Å². The zero-order chi connectivity index (χ0) is 10.7. The lowest BCUT2D eigenvalue weighted by atomic mass is 10.1. The van der Waals surface area contributed by atoms with E-state index in [1.165, 1.54) is 0 Å². The molecule has 0 bridgehead atoms. The Hall–Kier alpha value is -1.29. The average molecular weight is 210 g/mol. The number of phenolic OH excluding ortho intramolecular Hbond substituents is 1. The molecule has 1 N–H and O–H groups in total. The van der Waals surface area contributed by atoms with Crippen molar-refractivity contribution in [3.8, 4) is 5.75 Å². The first-order valence-electron chi connectivity index (χ1n) is 4.53. The zero-order valence-corrected chi connectivity index (χ0v) is 10.6. The van der Waals surface area contributed by atoms with Crippen LogP contribution in [0.4, 0.5) is 0 Å². The van der Waals surface area contributed by atoms with Crippen molar-refractivity contribution in [2.45, 2.75) is 13.8 Å². The Bertz CT molecular complexity index is 337. The number of rotatable bonds is 2. The summed E-state index contributed by atoms with van der Waals surface area (Å²) < 4.78 is 4.87. The van der Waals surface area contributed by atoms with Crippen molar-refractivity contribution in [2.75, 3.05) is 6.61 Å². The summed E-state index contributed by atoms with van der Waals surface area (Å²) in [5.41, 5.74) is 1.24. The number of hydrogen-bond donors (Lipinski definition) is 1. The first kappa shape index (κ1) is 10.8. The third-order valence-corrected chi connectivity index (χ3v) is 2.76. The number of aromatic hydroxyl groups is 1. The molecule has 0 aliphatic heterocycles. The van der Waals surface area contributed by atoms with Crippen LogP contribution in [0.1, 0.15) is 22.8 Å². The quantitative estimate of drug-likeness (QED) is 0.546. The fourth-order valence-corrected chi connectivity index (χ4v) is 1.99. The fourth-order valence-electron chi connectivity index (χ4n) is 1.29. The van der Waals surface area contributed by atoms with E-state index in [-0.39, 0.29) is 5.97 Å². The van der Waals surface area contributed by atoms with E-state index in [1.807, 2.05) is 0 Å². The minimum Gasteiger partial charge on any atom is -0.508 e. The van der Waals surface area contributed by atoms with Crippen LogP contribution in [0.15, 0.2) is 12.1 Å². The number of esters is 1. The average Bonchev–Trinajstić information content (AvgIpc) is 2.13. The van der Waals surface area contributed by atoms with E-state index in [4.69, 9.17) is 4.74 Å². The predicted octanol–water partition coefficient (Wildman–Crippen LogP) is -0.132. The van der Waals surface area contributed by atoms with Crippen LogP contribution in [-0.4, -0.2) is 27.9 Å². The van der Waals surface area contributed by atoms with Gasteiger partial charge in [-0.2, -0.15) is 0 Å². The molecular formula is C10H14O3Si. The van der Waals surface area contributed by atoms with Crippen LogP contribution >= 0.6 is 0 Å². The summed E-state index contributed by atoms with van der Waals surface area (Å²) >= 11 is 0. The Morgan fingerprint density at radius 2 is 2.21 bits per heavy atom. The zero-order valence-electron chi connectivity index (χ0n) is 8.63. The molecule has 3 nitrogen and oxygen atoms in total.